The summed E-state index contributed by atoms with van der Waals surface area (Å²) in [7, 11) is 0. The molecular formula is C15H15ClN2O2S. The molecule has 0 fully saturated rings. The molecule has 0 saturated heterocycles. The van der Waals surface area contributed by atoms with Crippen molar-refractivity contribution < 1.29 is 9.53 Å². The molecule has 0 saturated carbocycles. The van der Waals surface area contributed by atoms with Gasteiger partial charge in [-0.1, -0.05) is 12.1 Å². The first kappa shape index (κ1) is 14.4. The number of aromatic nitrogens is 1. The Morgan fingerprint density at radius 2 is 2.24 bits per heavy atom. The summed E-state index contributed by atoms with van der Waals surface area (Å²) in [5.74, 6) is 1.29. The highest BCUT2D eigenvalue weighted by atomic mass is 35.5. The smallest absolute Gasteiger partial charge is 0.230 e. The number of fused-ring (bicyclic) bond motifs is 1. The van der Waals surface area contributed by atoms with Gasteiger partial charge in [0.1, 0.15) is 5.75 Å². The molecule has 0 atom stereocenters. The number of alkyl halides is 1. The van der Waals surface area contributed by atoms with Gasteiger partial charge in [0.05, 0.1) is 35.3 Å². The van der Waals surface area contributed by atoms with Gasteiger partial charge in [-0.2, -0.15) is 0 Å². The SMILES string of the molecule is O=C1CCOc2ccccc2N1CCc1nc(CCl)cs1. The second-order valence-corrected chi connectivity index (χ2v) is 5.94. The zero-order chi connectivity index (χ0) is 14.7. The van der Waals surface area contributed by atoms with E-state index in [9.17, 15) is 4.79 Å². The van der Waals surface area contributed by atoms with E-state index < -0.39 is 0 Å². The number of halogens is 1. The Labute approximate surface area is 132 Å². The van der Waals surface area contributed by atoms with Crippen LogP contribution in [0.4, 0.5) is 5.69 Å². The van der Waals surface area contributed by atoms with Crippen molar-refractivity contribution in [3.8, 4) is 5.75 Å². The number of rotatable bonds is 4. The fourth-order valence-corrected chi connectivity index (χ4v) is 3.31. The third-order valence-corrected chi connectivity index (χ3v) is 4.55. The van der Waals surface area contributed by atoms with E-state index in [1.807, 2.05) is 29.6 Å². The molecule has 0 aliphatic carbocycles. The largest absolute Gasteiger partial charge is 0.491 e. The van der Waals surface area contributed by atoms with Gasteiger partial charge in [0, 0.05) is 18.3 Å². The van der Waals surface area contributed by atoms with Crippen molar-refractivity contribution in [1.29, 1.82) is 0 Å². The summed E-state index contributed by atoms with van der Waals surface area (Å²) in [6.45, 7) is 1.04. The number of benzene rings is 1. The molecule has 6 heteroatoms. The van der Waals surface area contributed by atoms with Crippen LogP contribution in [0.1, 0.15) is 17.1 Å². The van der Waals surface area contributed by atoms with Crippen LogP contribution in [-0.2, 0) is 17.1 Å². The Balaban J connectivity index is 1.78. The predicted octanol–water partition coefficient (Wildman–Crippen LogP) is 3.24. The number of anilines is 1. The van der Waals surface area contributed by atoms with E-state index in [1.165, 1.54) is 0 Å². The summed E-state index contributed by atoms with van der Waals surface area (Å²) in [5, 5.41) is 2.96. The van der Waals surface area contributed by atoms with Gasteiger partial charge in [-0.25, -0.2) is 4.98 Å². The van der Waals surface area contributed by atoms with Crippen LogP contribution in [0.3, 0.4) is 0 Å². The van der Waals surface area contributed by atoms with E-state index in [0.717, 1.165) is 28.6 Å². The highest BCUT2D eigenvalue weighted by Crippen LogP contribution is 2.31. The van der Waals surface area contributed by atoms with Crippen LogP contribution in [0, 0.1) is 0 Å². The zero-order valence-corrected chi connectivity index (χ0v) is 13.0. The zero-order valence-electron chi connectivity index (χ0n) is 11.4. The average molecular weight is 323 g/mol. The Hall–Kier alpha value is -1.59. The maximum Gasteiger partial charge on any atom is 0.230 e. The monoisotopic (exact) mass is 322 g/mol. The minimum absolute atomic E-state index is 0.0917. The maximum absolute atomic E-state index is 12.3. The number of ether oxygens (including phenoxy) is 1. The van der Waals surface area contributed by atoms with Gasteiger partial charge < -0.3 is 9.64 Å². The molecule has 0 unspecified atom stereocenters. The Morgan fingerprint density at radius 1 is 1.38 bits per heavy atom. The van der Waals surface area contributed by atoms with Gasteiger partial charge >= 0.3 is 0 Å². The second kappa shape index (κ2) is 6.45. The molecule has 0 spiro atoms. The lowest BCUT2D eigenvalue weighted by atomic mass is 10.2. The third kappa shape index (κ3) is 3.19. The summed E-state index contributed by atoms with van der Waals surface area (Å²) in [6, 6.07) is 7.66. The van der Waals surface area contributed by atoms with Crippen LogP contribution >= 0.6 is 22.9 Å². The van der Waals surface area contributed by atoms with E-state index in [1.54, 1.807) is 16.2 Å². The Kier molecular flexibility index (Phi) is 4.41. The average Bonchev–Trinajstić information content (AvgIpc) is 2.90. The number of nitrogens with zero attached hydrogens (tertiary/aromatic N) is 2. The van der Waals surface area contributed by atoms with Crippen molar-refractivity contribution in [2.45, 2.75) is 18.7 Å². The number of carbonyl (C=O) groups excluding carboxylic acids is 1. The van der Waals surface area contributed by atoms with E-state index in [0.29, 0.717) is 25.5 Å². The molecule has 2 heterocycles. The molecule has 110 valence electrons. The first-order valence-corrected chi connectivity index (χ1v) is 8.21. The molecule has 0 radical (unpaired) electrons. The Morgan fingerprint density at radius 3 is 3.05 bits per heavy atom. The Bertz CT molecular complexity index is 644. The molecule has 1 aromatic carbocycles. The third-order valence-electron chi connectivity index (χ3n) is 3.32. The highest BCUT2D eigenvalue weighted by molar-refractivity contribution is 7.09. The highest BCUT2D eigenvalue weighted by Gasteiger charge is 2.22. The number of carbonyl (C=O) groups is 1. The summed E-state index contributed by atoms with van der Waals surface area (Å²) >= 11 is 7.35. The van der Waals surface area contributed by atoms with Gasteiger partial charge in [0.2, 0.25) is 5.91 Å². The molecule has 4 nitrogen and oxygen atoms in total. The first-order valence-electron chi connectivity index (χ1n) is 6.79. The van der Waals surface area contributed by atoms with E-state index in [4.69, 9.17) is 16.3 Å². The standard InChI is InChI=1S/C15H15ClN2O2S/c16-9-11-10-21-14(17-11)5-7-18-12-3-1-2-4-13(12)20-8-6-15(18)19/h1-4,10H,5-9H2. The van der Waals surface area contributed by atoms with E-state index in [-0.39, 0.29) is 5.91 Å². The van der Waals surface area contributed by atoms with Crippen molar-refractivity contribution in [3.05, 3.63) is 40.3 Å². The summed E-state index contributed by atoms with van der Waals surface area (Å²) in [5.41, 5.74) is 1.73. The van der Waals surface area contributed by atoms with Crippen molar-refractivity contribution in [2.24, 2.45) is 0 Å². The topological polar surface area (TPSA) is 42.4 Å². The molecule has 0 N–H and O–H groups in total. The molecule has 1 aliphatic rings. The van der Waals surface area contributed by atoms with Crippen LogP contribution in [-0.4, -0.2) is 24.0 Å². The van der Waals surface area contributed by atoms with Gasteiger partial charge in [0.25, 0.3) is 0 Å². The van der Waals surface area contributed by atoms with Crippen LogP contribution in [0.25, 0.3) is 0 Å². The van der Waals surface area contributed by atoms with Crippen LogP contribution in [0.5, 0.6) is 5.75 Å². The lowest BCUT2D eigenvalue weighted by Crippen LogP contribution is -2.32. The van der Waals surface area contributed by atoms with Gasteiger partial charge in [-0.15, -0.1) is 22.9 Å². The molecule has 2 aromatic rings. The quantitative estimate of drug-likeness (QED) is 0.812. The fraction of sp³-hybridized carbons (Fsp3) is 0.333. The van der Waals surface area contributed by atoms with Gasteiger partial charge in [-0.05, 0) is 12.1 Å². The van der Waals surface area contributed by atoms with Crippen LogP contribution in [0.15, 0.2) is 29.6 Å². The molecule has 1 aliphatic heterocycles. The van der Waals surface area contributed by atoms with E-state index in [2.05, 4.69) is 4.98 Å². The fourth-order valence-electron chi connectivity index (χ4n) is 2.30. The number of hydrogen-bond donors (Lipinski definition) is 0. The summed E-state index contributed by atoms with van der Waals surface area (Å²) in [6.07, 6.45) is 1.13. The molecular weight excluding hydrogens is 308 g/mol. The molecule has 21 heavy (non-hydrogen) atoms. The lowest BCUT2D eigenvalue weighted by molar-refractivity contribution is -0.118. The minimum atomic E-state index is 0.0917. The van der Waals surface area contributed by atoms with E-state index >= 15 is 0 Å². The molecule has 3 rings (SSSR count). The molecule has 0 bridgehead atoms. The van der Waals surface area contributed by atoms with Gasteiger partial charge in [0.15, 0.2) is 0 Å². The number of hydrogen-bond acceptors (Lipinski definition) is 4. The normalized spacial score (nSPS) is 14.5. The number of amides is 1. The summed E-state index contributed by atoms with van der Waals surface area (Å²) < 4.78 is 5.63. The minimum Gasteiger partial charge on any atom is -0.491 e. The van der Waals surface area contributed by atoms with Crippen molar-refractivity contribution in [1.82, 2.24) is 4.98 Å². The van der Waals surface area contributed by atoms with Crippen molar-refractivity contribution in [3.63, 3.8) is 0 Å². The summed E-state index contributed by atoms with van der Waals surface area (Å²) in [4.78, 5) is 18.5. The maximum atomic E-state index is 12.3. The van der Waals surface area contributed by atoms with Crippen molar-refractivity contribution in [2.75, 3.05) is 18.1 Å². The van der Waals surface area contributed by atoms with Gasteiger partial charge in [-0.3, -0.25) is 4.79 Å². The molecule has 1 aromatic heterocycles. The van der Waals surface area contributed by atoms with Crippen molar-refractivity contribution >= 4 is 34.5 Å². The van der Waals surface area contributed by atoms with Crippen LogP contribution < -0.4 is 9.64 Å². The lowest BCUT2D eigenvalue weighted by Gasteiger charge is -2.21. The van der Waals surface area contributed by atoms with Crippen LogP contribution in [0.2, 0.25) is 0 Å². The molecule has 1 amide bonds. The second-order valence-electron chi connectivity index (χ2n) is 4.73. The number of thiazole rings is 1. The predicted molar refractivity (Wildman–Crippen MR) is 84.3 cm³/mol. The first-order chi connectivity index (χ1) is 10.3. The number of para-hydroxylation sites is 2.